The second-order valence-electron chi connectivity index (χ2n) is 5.38. The average molecular weight is 288 g/mol. The number of rotatable bonds is 4. The minimum Gasteiger partial charge on any atom is -0.442 e. The SMILES string of the molecule is CCCNC(=O)c1c(C)oc2c1C1=N[C@@H](CC)CN1C=N2. The Morgan fingerprint density at radius 2 is 2.33 bits per heavy atom. The van der Waals surface area contributed by atoms with E-state index >= 15 is 0 Å². The minimum absolute atomic E-state index is 0.112. The molecule has 1 atom stereocenters. The molecule has 6 heteroatoms. The molecule has 0 saturated carbocycles. The molecule has 2 aliphatic heterocycles. The minimum atomic E-state index is -0.112. The van der Waals surface area contributed by atoms with Gasteiger partial charge in [-0.25, -0.2) is 4.99 Å². The number of aryl methyl sites for hydroxylation is 1. The Hall–Kier alpha value is -2.11. The van der Waals surface area contributed by atoms with Crippen molar-refractivity contribution in [2.45, 2.75) is 39.7 Å². The molecular formula is C15H20N4O2. The molecule has 0 aromatic carbocycles. The second kappa shape index (κ2) is 5.35. The number of hydrogen-bond acceptors (Lipinski definition) is 5. The fourth-order valence-electron chi connectivity index (χ4n) is 2.68. The largest absolute Gasteiger partial charge is 0.442 e. The fourth-order valence-corrected chi connectivity index (χ4v) is 2.68. The zero-order chi connectivity index (χ0) is 15.0. The molecule has 0 fully saturated rings. The molecule has 1 amide bonds. The summed E-state index contributed by atoms with van der Waals surface area (Å²) >= 11 is 0. The zero-order valence-electron chi connectivity index (χ0n) is 12.6. The molecular weight excluding hydrogens is 268 g/mol. The Bertz CT molecular complexity index is 630. The van der Waals surface area contributed by atoms with Crippen LogP contribution in [0.25, 0.3) is 0 Å². The highest BCUT2D eigenvalue weighted by Crippen LogP contribution is 2.35. The first-order valence-electron chi connectivity index (χ1n) is 7.46. The van der Waals surface area contributed by atoms with Crippen LogP contribution in [0.15, 0.2) is 14.4 Å². The lowest BCUT2D eigenvalue weighted by molar-refractivity contribution is 0.0952. The number of fused-ring (bicyclic) bond motifs is 3. The maximum Gasteiger partial charge on any atom is 0.255 e. The van der Waals surface area contributed by atoms with Gasteiger partial charge in [-0.05, 0) is 19.8 Å². The summed E-state index contributed by atoms with van der Waals surface area (Å²) in [6, 6.07) is 0.249. The van der Waals surface area contributed by atoms with E-state index in [2.05, 4.69) is 17.2 Å². The normalized spacial score (nSPS) is 19.3. The Kier molecular flexibility index (Phi) is 3.53. The van der Waals surface area contributed by atoms with Gasteiger partial charge < -0.3 is 14.6 Å². The highest BCUT2D eigenvalue weighted by Gasteiger charge is 2.35. The first-order valence-corrected chi connectivity index (χ1v) is 7.46. The van der Waals surface area contributed by atoms with Crippen LogP contribution in [0.1, 0.15) is 48.4 Å². The zero-order valence-corrected chi connectivity index (χ0v) is 12.6. The van der Waals surface area contributed by atoms with Gasteiger partial charge in [0.2, 0.25) is 5.88 Å². The lowest BCUT2D eigenvalue weighted by atomic mass is 10.1. The summed E-state index contributed by atoms with van der Waals surface area (Å²) in [5.74, 6) is 1.78. The molecule has 0 radical (unpaired) electrons. The molecule has 1 aromatic heterocycles. The maximum absolute atomic E-state index is 12.4. The molecule has 3 heterocycles. The van der Waals surface area contributed by atoms with E-state index < -0.39 is 0 Å². The van der Waals surface area contributed by atoms with Crippen LogP contribution in [0.5, 0.6) is 0 Å². The van der Waals surface area contributed by atoms with Crippen LogP contribution in [-0.4, -0.2) is 42.1 Å². The summed E-state index contributed by atoms with van der Waals surface area (Å²) in [7, 11) is 0. The van der Waals surface area contributed by atoms with Crippen molar-refractivity contribution in [3.63, 3.8) is 0 Å². The fraction of sp³-hybridized carbons (Fsp3) is 0.533. The van der Waals surface area contributed by atoms with Gasteiger partial charge in [-0.15, -0.1) is 0 Å². The third-order valence-electron chi connectivity index (χ3n) is 3.82. The third kappa shape index (κ3) is 2.24. The van der Waals surface area contributed by atoms with Crippen LogP contribution in [-0.2, 0) is 0 Å². The topological polar surface area (TPSA) is 70.2 Å². The van der Waals surface area contributed by atoms with Gasteiger partial charge in [0.15, 0.2) is 0 Å². The van der Waals surface area contributed by atoms with E-state index in [1.165, 1.54) is 0 Å². The third-order valence-corrected chi connectivity index (χ3v) is 3.82. The number of carbonyl (C=O) groups is 1. The van der Waals surface area contributed by atoms with Gasteiger partial charge in [0.25, 0.3) is 5.91 Å². The summed E-state index contributed by atoms with van der Waals surface area (Å²) in [6.45, 7) is 7.40. The highest BCUT2D eigenvalue weighted by molar-refractivity contribution is 6.17. The number of nitrogens with one attached hydrogen (secondary N) is 1. The van der Waals surface area contributed by atoms with E-state index in [9.17, 15) is 4.79 Å². The molecule has 0 spiro atoms. The molecule has 2 aliphatic rings. The lowest BCUT2D eigenvalue weighted by Gasteiger charge is -2.18. The second-order valence-corrected chi connectivity index (χ2v) is 5.38. The highest BCUT2D eigenvalue weighted by atomic mass is 16.4. The molecule has 0 saturated heterocycles. The van der Waals surface area contributed by atoms with Crippen molar-refractivity contribution < 1.29 is 9.21 Å². The predicted molar refractivity (Wildman–Crippen MR) is 81.5 cm³/mol. The Morgan fingerprint density at radius 3 is 3.05 bits per heavy atom. The monoisotopic (exact) mass is 288 g/mol. The van der Waals surface area contributed by atoms with Crippen LogP contribution in [0.4, 0.5) is 5.88 Å². The van der Waals surface area contributed by atoms with Crippen molar-refractivity contribution in [1.29, 1.82) is 0 Å². The van der Waals surface area contributed by atoms with Gasteiger partial charge in [-0.3, -0.25) is 9.79 Å². The van der Waals surface area contributed by atoms with Crippen molar-refractivity contribution in [2.75, 3.05) is 13.1 Å². The number of nitrogens with zero attached hydrogens (tertiary/aromatic N) is 3. The number of carbonyl (C=O) groups excluding carboxylic acids is 1. The van der Waals surface area contributed by atoms with Gasteiger partial charge in [-0.1, -0.05) is 13.8 Å². The molecule has 21 heavy (non-hydrogen) atoms. The Balaban J connectivity index is 2.03. The van der Waals surface area contributed by atoms with Crippen molar-refractivity contribution >= 4 is 24.0 Å². The van der Waals surface area contributed by atoms with Crippen molar-refractivity contribution in [2.24, 2.45) is 9.98 Å². The quantitative estimate of drug-likeness (QED) is 0.923. The molecule has 0 unspecified atom stereocenters. The van der Waals surface area contributed by atoms with E-state index in [0.717, 1.165) is 30.8 Å². The van der Waals surface area contributed by atoms with E-state index in [1.807, 2.05) is 11.8 Å². The molecule has 0 bridgehead atoms. The van der Waals surface area contributed by atoms with Gasteiger partial charge in [0.1, 0.15) is 17.9 Å². The summed E-state index contributed by atoms with van der Waals surface area (Å²) in [6.07, 6.45) is 3.61. The molecule has 0 aliphatic carbocycles. The maximum atomic E-state index is 12.4. The number of amides is 1. The van der Waals surface area contributed by atoms with Gasteiger partial charge in [0.05, 0.1) is 17.2 Å². The van der Waals surface area contributed by atoms with Crippen molar-refractivity contribution in [3.05, 3.63) is 16.9 Å². The molecule has 1 aromatic rings. The Labute approximate surface area is 123 Å². The predicted octanol–water partition coefficient (Wildman–Crippen LogP) is 2.24. The van der Waals surface area contributed by atoms with Crippen LogP contribution >= 0.6 is 0 Å². The summed E-state index contributed by atoms with van der Waals surface area (Å²) in [5.41, 5.74) is 1.30. The molecule has 6 nitrogen and oxygen atoms in total. The Morgan fingerprint density at radius 1 is 1.52 bits per heavy atom. The van der Waals surface area contributed by atoms with Crippen molar-refractivity contribution in [3.8, 4) is 0 Å². The number of aliphatic imine (C=N–C) groups is 2. The van der Waals surface area contributed by atoms with E-state index in [0.29, 0.717) is 23.8 Å². The lowest BCUT2D eigenvalue weighted by Crippen LogP contribution is -2.33. The summed E-state index contributed by atoms with van der Waals surface area (Å²) < 4.78 is 5.65. The first kappa shape index (κ1) is 13.9. The van der Waals surface area contributed by atoms with Crippen LogP contribution in [0, 0.1) is 6.92 Å². The average Bonchev–Trinajstić information content (AvgIpc) is 3.03. The number of furan rings is 1. The van der Waals surface area contributed by atoms with E-state index in [-0.39, 0.29) is 11.9 Å². The smallest absolute Gasteiger partial charge is 0.255 e. The van der Waals surface area contributed by atoms with Gasteiger partial charge in [-0.2, -0.15) is 0 Å². The van der Waals surface area contributed by atoms with E-state index in [4.69, 9.17) is 9.41 Å². The van der Waals surface area contributed by atoms with Crippen LogP contribution in [0.3, 0.4) is 0 Å². The standard InChI is InChI=1S/C15H20N4O2/c1-4-6-16-14(20)11-9(3)21-15-12(11)13-18-10(5-2)7-19(13)8-17-15/h8,10H,4-7H2,1-3H3,(H,16,20)/t10-/m0/s1. The number of amidine groups is 1. The van der Waals surface area contributed by atoms with Crippen molar-refractivity contribution in [1.82, 2.24) is 10.2 Å². The van der Waals surface area contributed by atoms with Gasteiger partial charge in [0, 0.05) is 13.1 Å². The molecule has 3 rings (SSSR count). The molecule has 112 valence electrons. The van der Waals surface area contributed by atoms with E-state index in [1.54, 1.807) is 13.3 Å². The van der Waals surface area contributed by atoms with Gasteiger partial charge >= 0.3 is 0 Å². The first-order chi connectivity index (χ1) is 10.2. The van der Waals surface area contributed by atoms with Crippen LogP contribution < -0.4 is 5.32 Å². The number of hydrogen-bond donors (Lipinski definition) is 1. The molecule has 1 N–H and O–H groups in total. The summed E-state index contributed by atoms with van der Waals surface area (Å²) in [5, 5.41) is 2.91. The summed E-state index contributed by atoms with van der Waals surface area (Å²) in [4.78, 5) is 23.4. The van der Waals surface area contributed by atoms with Crippen LogP contribution in [0.2, 0.25) is 0 Å².